The molecule has 1 N–H and O–H groups in total. The highest BCUT2D eigenvalue weighted by Crippen LogP contribution is 2.28. The molecule has 7 heteroatoms. The lowest BCUT2D eigenvalue weighted by Gasteiger charge is -2.32. The molecule has 0 bridgehead atoms. The number of likely N-dealkylation sites (tertiary alicyclic amines) is 1. The topological polar surface area (TPSA) is 67.2 Å². The van der Waals surface area contributed by atoms with Gasteiger partial charge in [-0.3, -0.25) is 9.59 Å². The van der Waals surface area contributed by atoms with E-state index in [9.17, 15) is 14.0 Å². The second-order valence-electron chi connectivity index (χ2n) is 7.36. The second kappa shape index (κ2) is 7.60. The first-order valence-electron chi connectivity index (χ1n) is 9.49. The molecule has 0 atom stereocenters. The van der Waals surface area contributed by atoms with Crippen LogP contribution >= 0.6 is 0 Å². The minimum absolute atomic E-state index is 0.175. The van der Waals surface area contributed by atoms with Crippen LogP contribution in [0.25, 0.3) is 5.69 Å². The minimum atomic E-state index is -0.391. The van der Waals surface area contributed by atoms with Crippen LogP contribution in [0.15, 0.2) is 41.2 Å². The van der Waals surface area contributed by atoms with Crippen LogP contribution in [0.1, 0.15) is 36.2 Å². The fourth-order valence-electron chi connectivity index (χ4n) is 3.40. The molecule has 1 aromatic carbocycles. The van der Waals surface area contributed by atoms with Gasteiger partial charge in [-0.25, -0.2) is 4.39 Å². The summed E-state index contributed by atoms with van der Waals surface area (Å²) < 4.78 is 14.2. The van der Waals surface area contributed by atoms with Crippen LogP contribution in [-0.2, 0) is 0 Å². The molecule has 27 heavy (non-hydrogen) atoms. The van der Waals surface area contributed by atoms with Gasteiger partial charge in [-0.2, -0.15) is 9.78 Å². The Morgan fingerprint density at radius 1 is 1.07 bits per heavy atom. The van der Waals surface area contributed by atoms with Gasteiger partial charge in [-0.1, -0.05) is 0 Å². The molecular weight excluding hydrogens is 347 g/mol. The van der Waals surface area contributed by atoms with Crippen molar-refractivity contribution in [3.05, 3.63) is 58.3 Å². The largest absolute Gasteiger partial charge is 0.337 e. The van der Waals surface area contributed by atoms with E-state index in [0.29, 0.717) is 24.8 Å². The summed E-state index contributed by atoms with van der Waals surface area (Å²) in [4.78, 5) is 26.7. The molecular formula is C20H23FN4O2. The molecule has 2 fully saturated rings. The van der Waals surface area contributed by atoms with Crippen molar-refractivity contribution in [3.8, 4) is 5.69 Å². The number of benzene rings is 1. The Morgan fingerprint density at radius 3 is 2.44 bits per heavy atom. The highest BCUT2D eigenvalue weighted by atomic mass is 19.1. The number of amides is 1. The summed E-state index contributed by atoms with van der Waals surface area (Å²) in [6, 6.07) is 8.71. The molecule has 0 radical (unpaired) electrons. The monoisotopic (exact) mass is 370 g/mol. The Labute approximate surface area is 157 Å². The number of carbonyl (C=O) groups excluding carboxylic acids is 1. The molecule has 2 aromatic rings. The van der Waals surface area contributed by atoms with Gasteiger partial charge in [-0.15, -0.1) is 0 Å². The zero-order valence-electron chi connectivity index (χ0n) is 15.1. The van der Waals surface area contributed by atoms with Crippen molar-refractivity contribution in [1.82, 2.24) is 20.0 Å². The predicted molar refractivity (Wildman–Crippen MR) is 99.4 cm³/mol. The number of nitrogens with one attached hydrogen (secondary N) is 1. The molecule has 6 nitrogen and oxygen atoms in total. The van der Waals surface area contributed by atoms with Crippen LogP contribution in [0, 0.1) is 11.7 Å². The number of rotatable bonds is 5. The SMILES string of the molecule is O=C(c1ccc(=O)n(-c2ccc(F)cc2)n1)N1CCC(NCC2CC2)CC1. The average molecular weight is 370 g/mol. The van der Waals surface area contributed by atoms with Gasteiger partial charge in [0.1, 0.15) is 11.5 Å². The molecule has 2 aliphatic rings. The molecule has 1 saturated heterocycles. The quantitative estimate of drug-likeness (QED) is 0.874. The van der Waals surface area contributed by atoms with Gasteiger partial charge in [0.05, 0.1) is 5.69 Å². The molecule has 4 rings (SSSR count). The summed E-state index contributed by atoms with van der Waals surface area (Å²) in [5.41, 5.74) is 0.295. The summed E-state index contributed by atoms with van der Waals surface area (Å²) in [5.74, 6) is 0.282. The molecule has 142 valence electrons. The number of nitrogens with zero attached hydrogens (tertiary/aromatic N) is 3. The van der Waals surface area contributed by atoms with E-state index in [2.05, 4.69) is 10.4 Å². The van der Waals surface area contributed by atoms with Gasteiger partial charge in [-0.05, 0) is 68.5 Å². The van der Waals surface area contributed by atoms with Gasteiger partial charge in [0, 0.05) is 25.2 Å². The first-order chi connectivity index (χ1) is 13.1. The Hall–Kier alpha value is -2.54. The second-order valence-corrected chi connectivity index (χ2v) is 7.36. The lowest BCUT2D eigenvalue weighted by molar-refractivity contribution is 0.0697. The van der Waals surface area contributed by atoms with Crippen LogP contribution in [-0.4, -0.2) is 46.3 Å². The molecule has 0 unspecified atom stereocenters. The van der Waals surface area contributed by atoms with Gasteiger partial charge in [0.25, 0.3) is 11.5 Å². The molecule has 1 aromatic heterocycles. The Balaban J connectivity index is 1.43. The fraction of sp³-hybridized carbons (Fsp3) is 0.450. The summed E-state index contributed by atoms with van der Waals surface area (Å²) in [6.45, 7) is 2.44. The number of piperidine rings is 1. The van der Waals surface area contributed by atoms with Crippen molar-refractivity contribution >= 4 is 5.91 Å². The van der Waals surface area contributed by atoms with Crippen molar-refractivity contribution in [3.63, 3.8) is 0 Å². The normalized spacial score (nSPS) is 17.9. The van der Waals surface area contributed by atoms with E-state index in [1.54, 1.807) is 4.90 Å². The van der Waals surface area contributed by atoms with Crippen LogP contribution in [0.4, 0.5) is 4.39 Å². The summed E-state index contributed by atoms with van der Waals surface area (Å²) in [7, 11) is 0. The number of carbonyl (C=O) groups is 1. The smallest absolute Gasteiger partial charge is 0.274 e. The van der Waals surface area contributed by atoms with E-state index < -0.39 is 5.82 Å². The molecule has 0 spiro atoms. The Morgan fingerprint density at radius 2 is 1.78 bits per heavy atom. The third-order valence-corrected chi connectivity index (χ3v) is 5.26. The van der Waals surface area contributed by atoms with Crippen molar-refractivity contribution in [1.29, 1.82) is 0 Å². The van der Waals surface area contributed by atoms with Crippen LogP contribution < -0.4 is 10.9 Å². The van der Waals surface area contributed by atoms with Gasteiger partial charge in [0.15, 0.2) is 0 Å². The number of hydrogen-bond donors (Lipinski definition) is 1. The zero-order chi connectivity index (χ0) is 18.8. The van der Waals surface area contributed by atoms with Gasteiger partial charge in [0.2, 0.25) is 0 Å². The van der Waals surface area contributed by atoms with Crippen molar-refractivity contribution in [2.75, 3.05) is 19.6 Å². The van der Waals surface area contributed by atoms with E-state index in [1.807, 2.05) is 0 Å². The molecule has 1 saturated carbocycles. The Kier molecular flexibility index (Phi) is 5.03. The van der Waals surface area contributed by atoms with Crippen LogP contribution in [0.2, 0.25) is 0 Å². The van der Waals surface area contributed by atoms with E-state index >= 15 is 0 Å². The standard InChI is InChI=1S/C20H23FN4O2/c21-15-3-5-17(6-4-15)25-19(26)8-7-18(23-25)20(27)24-11-9-16(10-12-24)22-13-14-1-2-14/h3-8,14,16,22H,1-2,9-13H2. The number of aromatic nitrogens is 2. The highest BCUT2D eigenvalue weighted by Gasteiger charge is 2.27. The van der Waals surface area contributed by atoms with E-state index in [0.717, 1.165) is 30.0 Å². The molecule has 1 amide bonds. The van der Waals surface area contributed by atoms with Crippen LogP contribution in [0.3, 0.4) is 0 Å². The van der Waals surface area contributed by atoms with Gasteiger partial charge >= 0.3 is 0 Å². The first-order valence-corrected chi connectivity index (χ1v) is 9.49. The molecule has 1 aliphatic carbocycles. The summed E-state index contributed by atoms with van der Waals surface area (Å²) in [6.07, 6.45) is 4.52. The zero-order valence-corrected chi connectivity index (χ0v) is 15.1. The van der Waals surface area contributed by atoms with E-state index in [-0.39, 0.29) is 17.2 Å². The lowest BCUT2D eigenvalue weighted by Crippen LogP contribution is -2.45. The lowest BCUT2D eigenvalue weighted by atomic mass is 10.0. The highest BCUT2D eigenvalue weighted by molar-refractivity contribution is 5.92. The van der Waals surface area contributed by atoms with Crippen molar-refractivity contribution in [2.45, 2.75) is 31.7 Å². The van der Waals surface area contributed by atoms with Crippen molar-refractivity contribution in [2.24, 2.45) is 5.92 Å². The summed E-state index contributed by atoms with van der Waals surface area (Å²) >= 11 is 0. The Bertz CT molecular complexity index is 868. The number of halogens is 1. The van der Waals surface area contributed by atoms with E-state index in [4.69, 9.17) is 0 Å². The maximum Gasteiger partial charge on any atom is 0.274 e. The number of hydrogen-bond acceptors (Lipinski definition) is 4. The van der Waals surface area contributed by atoms with Crippen LogP contribution in [0.5, 0.6) is 0 Å². The minimum Gasteiger partial charge on any atom is -0.337 e. The summed E-state index contributed by atoms with van der Waals surface area (Å²) in [5, 5.41) is 7.80. The first kappa shape index (κ1) is 17.9. The molecule has 2 heterocycles. The van der Waals surface area contributed by atoms with Crippen molar-refractivity contribution < 1.29 is 9.18 Å². The maximum atomic E-state index is 13.1. The van der Waals surface area contributed by atoms with E-state index in [1.165, 1.54) is 49.2 Å². The van der Waals surface area contributed by atoms with Gasteiger partial charge < -0.3 is 10.2 Å². The average Bonchev–Trinajstić information content (AvgIpc) is 3.52. The third-order valence-electron chi connectivity index (χ3n) is 5.26. The molecule has 1 aliphatic heterocycles. The fourth-order valence-corrected chi connectivity index (χ4v) is 3.40. The third kappa shape index (κ3) is 4.24. The predicted octanol–water partition coefficient (Wildman–Crippen LogP) is 1.98. The maximum absolute atomic E-state index is 13.1.